The number of halogens is 1. The summed E-state index contributed by atoms with van der Waals surface area (Å²) in [7, 11) is 3.89. The van der Waals surface area contributed by atoms with Gasteiger partial charge in [-0.1, -0.05) is 20.8 Å². The van der Waals surface area contributed by atoms with Gasteiger partial charge in [0.25, 0.3) is 5.91 Å². The van der Waals surface area contributed by atoms with Gasteiger partial charge in [-0.3, -0.25) is 9.59 Å². The fraction of sp³-hybridized carbons (Fsp3) is 0.417. The minimum absolute atomic E-state index is 0.00789. The molecule has 30 heavy (non-hydrogen) atoms. The van der Waals surface area contributed by atoms with E-state index >= 15 is 0 Å². The highest BCUT2D eigenvalue weighted by molar-refractivity contribution is 5.95. The molecule has 2 amide bonds. The van der Waals surface area contributed by atoms with Crippen LogP contribution in [0.5, 0.6) is 0 Å². The summed E-state index contributed by atoms with van der Waals surface area (Å²) in [5, 5.41) is 2.93. The molecule has 2 rings (SSSR count). The van der Waals surface area contributed by atoms with Crippen molar-refractivity contribution in [1.29, 1.82) is 0 Å². The van der Waals surface area contributed by atoms with Crippen molar-refractivity contribution in [1.82, 2.24) is 4.90 Å². The summed E-state index contributed by atoms with van der Waals surface area (Å²) in [6, 6.07) is 11.4. The van der Waals surface area contributed by atoms with Gasteiger partial charge in [-0.2, -0.15) is 0 Å². The molecule has 0 saturated carbocycles. The molecule has 5 nitrogen and oxygen atoms in total. The van der Waals surface area contributed by atoms with Crippen LogP contribution >= 0.6 is 0 Å². The van der Waals surface area contributed by atoms with Crippen LogP contribution in [0.3, 0.4) is 0 Å². The van der Waals surface area contributed by atoms with Crippen molar-refractivity contribution in [2.45, 2.75) is 46.7 Å². The number of rotatable bonds is 8. The van der Waals surface area contributed by atoms with Crippen LogP contribution in [0.2, 0.25) is 0 Å². The molecule has 0 saturated heterocycles. The van der Waals surface area contributed by atoms with E-state index in [-0.39, 0.29) is 29.6 Å². The third-order valence-electron chi connectivity index (χ3n) is 5.17. The molecule has 0 aromatic heterocycles. The topological polar surface area (TPSA) is 52.7 Å². The molecule has 0 aliphatic carbocycles. The molecule has 1 atom stereocenters. The predicted octanol–water partition coefficient (Wildman–Crippen LogP) is 4.93. The Hall–Kier alpha value is -2.89. The lowest BCUT2D eigenvalue weighted by molar-refractivity contribution is -0.118. The maximum Gasteiger partial charge on any atom is 0.254 e. The number of amides is 2. The summed E-state index contributed by atoms with van der Waals surface area (Å²) in [6.45, 7) is 8.10. The lowest BCUT2D eigenvalue weighted by Crippen LogP contribution is -2.38. The maximum atomic E-state index is 13.3. The summed E-state index contributed by atoms with van der Waals surface area (Å²) in [6.07, 6.45) is 0.786. The molecular weight excluding hydrogens is 381 g/mol. The highest BCUT2D eigenvalue weighted by Crippen LogP contribution is 2.27. The van der Waals surface area contributed by atoms with Crippen molar-refractivity contribution in [2.75, 3.05) is 24.3 Å². The van der Waals surface area contributed by atoms with Gasteiger partial charge in [0.2, 0.25) is 5.91 Å². The summed E-state index contributed by atoms with van der Waals surface area (Å²) in [4.78, 5) is 29.1. The van der Waals surface area contributed by atoms with E-state index < -0.39 is 0 Å². The van der Waals surface area contributed by atoms with Crippen LogP contribution in [0.1, 0.15) is 50.0 Å². The first kappa shape index (κ1) is 23.4. The van der Waals surface area contributed by atoms with Crippen molar-refractivity contribution >= 4 is 23.2 Å². The van der Waals surface area contributed by atoms with Crippen LogP contribution in [0.4, 0.5) is 15.8 Å². The fourth-order valence-corrected chi connectivity index (χ4v) is 3.10. The van der Waals surface area contributed by atoms with Gasteiger partial charge in [-0.05, 0) is 61.4 Å². The molecule has 0 fully saturated rings. The smallest absolute Gasteiger partial charge is 0.254 e. The molecule has 2 aromatic rings. The van der Waals surface area contributed by atoms with Crippen molar-refractivity contribution in [3.8, 4) is 0 Å². The monoisotopic (exact) mass is 413 g/mol. The standard InChI is InChI=1S/C24H32FN3O2/c1-7-17(4)28(24(30)18-8-10-20(25)11-9-18)15-19-14-21(26-23(29)16(2)3)12-13-22(19)27(5)6/h8-14,16-17H,7,15H2,1-6H3,(H,26,29)/t17-/m1/s1. The van der Waals surface area contributed by atoms with E-state index in [0.717, 1.165) is 17.7 Å². The first-order valence-electron chi connectivity index (χ1n) is 10.3. The lowest BCUT2D eigenvalue weighted by atomic mass is 10.1. The van der Waals surface area contributed by atoms with E-state index in [1.807, 2.05) is 64.9 Å². The summed E-state index contributed by atoms with van der Waals surface area (Å²) in [5.74, 6) is -0.700. The van der Waals surface area contributed by atoms with E-state index in [0.29, 0.717) is 17.8 Å². The second-order valence-electron chi connectivity index (χ2n) is 8.08. The van der Waals surface area contributed by atoms with Crippen LogP contribution in [0.15, 0.2) is 42.5 Å². The van der Waals surface area contributed by atoms with Crippen LogP contribution in [-0.2, 0) is 11.3 Å². The van der Waals surface area contributed by atoms with E-state index in [4.69, 9.17) is 0 Å². The first-order valence-corrected chi connectivity index (χ1v) is 10.3. The second kappa shape index (κ2) is 10.2. The average molecular weight is 414 g/mol. The molecule has 0 unspecified atom stereocenters. The van der Waals surface area contributed by atoms with E-state index in [1.54, 1.807) is 4.90 Å². The van der Waals surface area contributed by atoms with Gasteiger partial charge in [-0.25, -0.2) is 4.39 Å². The number of nitrogens with one attached hydrogen (secondary N) is 1. The molecule has 2 aromatic carbocycles. The van der Waals surface area contributed by atoms with Gasteiger partial charge >= 0.3 is 0 Å². The number of carbonyl (C=O) groups excluding carboxylic acids is 2. The highest BCUT2D eigenvalue weighted by Gasteiger charge is 2.23. The Bertz CT molecular complexity index is 879. The Morgan fingerprint density at radius 1 is 1.03 bits per heavy atom. The summed E-state index contributed by atoms with van der Waals surface area (Å²) >= 11 is 0. The summed E-state index contributed by atoms with van der Waals surface area (Å²) in [5.41, 5.74) is 3.05. The van der Waals surface area contributed by atoms with Gasteiger partial charge in [-0.15, -0.1) is 0 Å². The van der Waals surface area contributed by atoms with Crippen LogP contribution in [0.25, 0.3) is 0 Å². The zero-order valence-corrected chi connectivity index (χ0v) is 18.7. The molecule has 0 radical (unpaired) electrons. The van der Waals surface area contributed by atoms with Gasteiger partial charge < -0.3 is 15.1 Å². The normalized spacial score (nSPS) is 11.9. The Kier molecular flexibility index (Phi) is 7.98. The van der Waals surface area contributed by atoms with Crippen LogP contribution in [0, 0.1) is 11.7 Å². The number of hydrogen-bond acceptors (Lipinski definition) is 3. The molecular formula is C24H32FN3O2. The Morgan fingerprint density at radius 2 is 1.67 bits per heavy atom. The Morgan fingerprint density at radius 3 is 2.20 bits per heavy atom. The zero-order chi connectivity index (χ0) is 22.4. The first-order chi connectivity index (χ1) is 14.1. The van der Waals surface area contributed by atoms with E-state index in [9.17, 15) is 14.0 Å². The van der Waals surface area contributed by atoms with Gasteiger partial charge in [0, 0.05) is 49.5 Å². The number of carbonyl (C=O) groups is 2. The molecule has 162 valence electrons. The molecule has 0 heterocycles. The molecule has 1 N–H and O–H groups in total. The summed E-state index contributed by atoms with van der Waals surface area (Å²) < 4.78 is 13.3. The van der Waals surface area contributed by atoms with Gasteiger partial charge in [0.15, 0.2) is 0 Å². The fourth-order valence-electron chi connectivity index (χ4n) is 3.10. The highest BCUT2D eigenvalue weighted by atomic mass is 19.1. The quantitative estimate of drug-likeness (QED) is 0.668. The largest absolute Gasteiger partial charge is 0.377 e. The zero-order valence-electron chi connectivity index (χ0n) is 18.7. The van der Waals surface area contributed by atoms with Crippen molar-refractivity contribution in [3.63, 3.8) is 0 Å². The minimum atomic E-state index is -0.370. The van der Waals surface area contributed by atoms with Crippen molar-refractivity contribution in [3.05, 3.63) is 59.4 Å². The molecule has 0 aliphatic heterocycles. The van der Waals surface area contributed by atoms with Gasteiger partial charge in [0.05, 0.1) is 0 Å². The molecule has 0 aliphatic rings. The van der Waals surface area contributed by atoms with Crippen LogP contribution in [-0.4, -0.2) is 36.9 Å². The minimum Gasteiger partial charge on any atom is -0.377 e. The number of anilines is 2. The molecule has 0 bridgehead atoms. The number of benzene rings is 2. The number of hydrogen-bond donors (Lipinski definition) is 1. The second-order valence-corrected chi connectivity index (χ2v) is 8.08. The third-order valence-corrected chi connectivity index (χ3v) is 5.17. The predicted molar refractivity (Wildman–Crippen MR) is 120 cm³/mol. The van der Waals surface area contributed by atoms with E-state index in [2.05, 4.69) is 5.32 Å². The maximum absolute atomic E-state index is 13.3. The third kappa shape index (κ3) is 5.81. The van der Waals surface area contributed by atoms with E-state index in [1.165, 1.54) is 24.3 Å². The average Bonchev–Trinajstić information content (AvgIpc) is 2.71. The van der Waals surface area contributed by atoms with Crippen LogP contribution < -0.4 is 10.2 Å². The van der Waals surface area contributed by atoms with Gasteiger partial charge in [0.1, 0.15) is 5.82 Å². The number of nitrogens with zero attached hydrogens (tertiary/aromatic N) is 2. The van der Waals surface area contributed by atoms with Crippen molar-refractivity contribution < 1.29 is 14.0 Å². The Balaban J connectivity index is 2.40. The molecule has 0 spiro atoms. The Labute approximate surface area is 178 Å². The lowest BCUT2D eigenvalue weighted by Gasteiger charge is -2.31. The molecule has 6 heteroatoms. The SMILES string of the molecule is CC[C@@H](C)N(Cc1cc(NC(=O)C(C)C)ccc1N(C)C)C(=O)c1ccc(F)cc1. The van der Waals surface area contributed by atoms with Crippen molar-refractivity contribution in [2.24, 2.45) is 5.92 Å².